The molecule has 3 aromatic rings. The second-order valence-electron chi connectivity index (χ2n) is 9.92. The van der Waals surface area contributed by atoms with Crippen LogP contribution in [0.1, 0.15) is 99.9 Å². The summed E-state index contributed by atoms with van der Waals surface area (Å²) >= 11 is 0. The highest BCUT2D eigenvalue weighted by molar-refractivity contribution is 5.50. The molecule has 198 valence electrons. The molecule has 0 radical (unpaired) electrons. The first-order valence-electron chi connectivity index (χ1n) is 13.6. The fourth-order valence-electron chi connectivity index (χ4n) is 4.91. The van der Waals surface area contributed by atoms with Gasteiger partial charge in [-0.3, -0.25) is 0 Å². The summed E-state index contributed by atoms with van der Waals surface area (Å²) in [6.45, 7) is 13.4. The number of aromatic nitrogens is 4. The van der Waals surface area contributed by atoms with Crippen molar-refractivity contribution in [1.29, 1.82) is 0 Å². The van der Waals surface area contributed by atoms with Crippen molar-refractivity contribution in [3.05, 3.63) is 70.0 Å². The van der Waals surface area contributed by atoms with Gasteiger partial charge in [-0.25, -0.2) is 0 Å². The molecule has 2 N–H and O–H groups in total. The van der Waals surface area contributed by atoms with E-state index < -0.39 is 5.60 Å². The fraction of sp³-hybridized carbons (Fsp3) is 0.516. The molecule has 0 fully saturated rings. The van der Waals surface area contributed by atoms with E-state index in [0.717, 1.165) is 60.4 Å². The molecule has 1 heterocycles. The van der Waals surface area contributed by atoms with Gasteiger partial charge in [-0.05, 0) is 86.8 Å². The number of unbranched alkanes of at least 4 members (excludes halogenated alkanes) is 1. The topological polar surface area (TPSA) is 83.9 Å². The zero-order valence-corrected chi connectivity index (χ0v) is 23.3. The predicted molar refractivity (Wildman–Crippen MR) is 149 cm³/mol. The van der Waals surface area contributed by atoms with Gasteiger partial charge >= 0.3 is 0 Å². The van der Waals surface area contributed by atoms with Gasteiger partial charge in [-0.2, -0.15) is 5.21 Å². The summed E-state index contributed by atoms with van der Waals surface area (Å²) in [6, 6.07) is 13.2. The second kappa shape index (κ2) is 12.9. The Hall–Kier alpha value is -3.17. The lowest BCUT2D eigenvalue weighted by atomic mass is 9.70. The Kier molecular flexibility index (Phi) is 9.88. The Morgan fingerprint density at radius 1 is 0.892 bits per heavy atom. The third-order valence-corrected chi connectivity index (χ3v) is 7.75. The number of hydrogen-bond acceptors (Lipinski definition) is 5. The van der Waals surface area contributed by atoms with Gasteiger partial charge in [0.05, 0.1) is 6.61 Å². The largest absolute Gasteiger partial charge is 0.493 e. The number of rotatable bonds is 12. The van der Waals surface area contributed by atoms with Crippen molar-refractivity contribution in [3.8, 4) is 17.6 Å². The molecular formula is C31H42N4O2. The summed E-state index contributed by atoms with van der Waals surface area (Å²) in [5.41, 5.74) is 4.88. The van der Waals surface area contributed by atoms with E-state index in [1.807, 2.05) is 13.8 Å². The summed E-state index contributed by atoms with van der Waals surface area (Å²) in [6.07, 6.45) is 5.94. The van der Waals surface area contributed by atoms with E-state index in [1.165, 1.54) is 11.1 Å². The lowest BCUT2D eigenvalue weighted by Crippen LogP contribution is -2.26. The number of tetrazole rings is 1. The van der Waals surface area contributed by atoms with Gasteiger partial charge in [-0.15, -0.1) is 10.2 Å². The Balaban J connectivity index is 1.76. The molecule has 0 aliphatic carbocycles. The van der Waals surface area contributed by atoms with Crippen molar-refractivity contribution in [2.45, 2.75) is 97.5 Å². The smallest absolute Gasteiger partial charge is 0.174 e. The van der Waals surface area contributed by atoms with Crippen LogP contribution >= 0.6 is 0 Å². The number of aromatic amines is 1. The molecule has 0 aliphatic rings. The quantitative estimate of drug-likeness (QED) is 0.227. The van der Waals surface area contributed by atoms with E-state index in [-0.39, 0.29) is 5.41 Å². The molecule has 0 saturated heterocycles. The standard InChI is InChI=1S/C31H42N4O2/c1-7-30(36,8-2)19-18-25-14-15-26(21-23(25)5)31(9-3,10-4)27-16-17-28(24(6)22-27)37-20-12-11-13-29-32-34-35-33-29/h14-17,21-22,36H,7-13,20H2,1-6H3,(H,32,33,34,35). The van der Waals surface area contributed by atoms with Crippen LogP contribution in [0.15, 0.2) is 36.4 Å². The van der Waals surface area contributed by atoms with Crippen molar-refractivity contribution >= 4 is 0 Å². The van der Waals surface area contributed by atoms with E-state index in [4.69, 9.17) is 4.74 Å². The van der Waals surface area contributed by atoms with Crippen LogP contribution in [0.25, 0.3) is 0 Å². The number of benzene rings is 2. The highest BCUT2D eigenvalue weighted by Crippen LogP contribution is 2.41. The van der Waals surface area contributed by atoms with E-state index in [2.05, 4.69) is 96.6 Å². The number of ether oxygens (including phenoxy) is 1. The number of hydrogen-bond donors (Lipinski definition) is 2. The molecule has 0 aliphatic heterocycles. The number of aliphatic hydroxyl groups is 1. The van der Waals surface area contributed by atoms with E-state index in [9.17, 15) is 5.11 Å². The van der Waals surface area contributed by atoms with E-state index >= 15 is 0 Å². The second-order valence-corrected chi connectivity index (χ2v) is 9.92. The Morgan fingerprint density at radius 2 is 1.57 bits per heavy atom. The van der Waals surface area contributed by atoms with Crippen LogP contribution < -0.4 is 4.74 Å². The van der Waals surface area contributed by atoms with Crippen LogP contribution in [0.2, 0.25) is 0 Å². The molecule has 6 nitrogen and oxygen atoms in total. The minimum Gasteiger partial charge on any atom is -0.493 e. The van der Waals surface area contributed by atoms with Crippen LogP contribution in [0, 0.1) is 25.7 Å². The molecule has 6 heteroatoms. The molecule has 1 aromatic heterocycles. The molecule has 37 heavy (non-hydrogen) atoms. The number of nitrogens with zero attached hydrogens (tertiary/aromatic N) is 3. The Bertz CT molecular complexity index is 1200. The van der Waals surface area contributed by atoms with Crippen molar-refractivity contribution in [3.63, 3.8) is 0 Å². The molecule has 0 bridgehead atoms. The molecule has 0 amide bonds. The third-order valence-electron chi connectivity index (χ3n) is 7.75. The molecule has 0 atom stereocenters. The van der Waals surface area contributed by atoms with Crippen LogP contribution in [0.5, 0.6) is 5.75 Å². The predicted octanol–water partition coefficient (Wildman–Crippen LogP) is 6.23. The lowest BCUT2D eigenvalue weighted by molar-refractivity contribution is 0.0931. The number of H-pyrrole nitrogens is 1. The summed E-state index contributed by atoms with van der Waals surface area (Å²) in [5, 5.41) is 24.6. The van der Waals surface area contributed by atoms with Crippen molar-refractivity contribution in [2.24, 2.45) is 0 Å². The summed E-state index contributed by atoms with van der Waals surface area (Å²) in [7, 11) is 0. The maximum absolute atomic E-state index is 10.6. The zero-order chi connectivity index (χ0) is 26.9. The molecular weight excluding hydrogens is 460 g/mol. The van der Waals surface area contributed by atoms with Gasteiger partial charge in [0.15, 0.2) is 5.82 Å². The summed E-state index contributed by atoms with van der Waals surface area (Å²) < 4.78 is 6.10. The minimum atomic E-state index is -0.919. The van der Waals surface area contributed by atoms with E-state index in [1.54, 1.807) is 0 Å². The normalized spacial score (nSPS) is 11.8. The molecule has 3 rings (SSSR count). The first kappa shape index (κ1) is 28.4. The van der Waals surface area contributed by atoms with Crippen molar-refractivity contribution < 1.29 is 9.84 Å². The third kappa shape index (κ3) is 6.78. The van der Waals surface area contributed by atoms with E-state index in [0.29, 0.717) is 19.4 Å². The van der Waals surface area contributed by atoms with Gasteiger partial charge in [-0.1, -0.05) is 69.0 Å². The SMILES string of the molecule is CCC(O)(C#Cc1ccc(C(CC)(CC)c2ccc(OCCCCc3nn[nH]n3)c(C)c2)cc1C)CC. The molecule has 2 aromatic carbocycles. The highest BCUT2D eigenvalue weighted by Gasteiger charge is 2.31. The van der Waals surface area contributed by atoms with Crippen molar-refractivity contribution in [1.82, 2.24) is 20.6 Å². The zero-order valence-electron chi connectivity index (χ0n) is 23.3. The monoisotopic (exact) mass is 502 g/mol. The fourth-order valence-corrected chi connectivity index (χ4v) is 4.91. The van der Waals surface area contributed by atoms with Crippen molar-refractivity contribution in [2.75, 3.05) is 6.61 Å². The average molecular weight is 503 g/mol. The Labute approximate surface area is 222 Å². The molecule has 0 spiro atoms. The molecule has 0 saturated carbocycles. The summed E-state index contributed by atoms with van der Waals surface area (Å²) in [4.78, 5) is 0. The average Bonchev–Trinajstić information content (AvgIpc) is 3.43. The van der Waals surface area contributed by atoms with Gasteiger partial charge in [0.2, 0.25) is 0 Å². The van der Waals surface area contributed by atoms with Gasteiger partial charge in [0.25, 0.3) is 0 Å². The van der Waals surface area contributed by atoms with Crippen LogP contribution in [0.4, 0.5) is 0 Å². The maximum Gasteiger partial charge on any atom is 0.174 e. The minimum absolute atomic E-state index is 0.0851. The van der Waals surface area contributed by atoms with Crippen LogP contribution in [0.3, 0.4) is 0 Å². The number of aryl methyl sites for hydroxylation is 3. The first-order chi connectivity index (χ1) is 17.8. The maximum atomic E-state index is 10.6. The first-order valence-corrected chi connectivity index (χ1v) is 13.6. The molecule has 0 unspecified atom stereocenters. The Morgan fingerprint density at radius 3 is 2.14 bits per heavy atom. The highest BCUT2D eigenvalue weighted by atomic mass is 16.5. The van der Waals surface area contributed by atoms with Crippen LogP contribution in [-0.4, -0.2) is 37.9 Å². The van der Waals surface area contributed by atoms with Gasteiger partial charge in [0, 0.05) is 17.4 Å². The summed E-state index contributed by atoms with van der Waals surface area (Å²) in [5.74, 6) is 8.01. The van der Waals surface area contributed by atoms with Crippen LogP contribution in [-0.2, 0) is 11.8 Å². The lowest BCUT2D eigenvalue weighted by Gasteiger charge is -2.34. The van der Waals surface area contributed by atoms with Gasteiger partial charge in [0.1, 0.15) is 11.4 Å². The van der Waals surface area contributed by atoms with Gasteiger partial charge < -0.3 is 9.84 Å². The number of nitrogens with one attached hydrogen (secondary N) is 1.